The van der Waals surface area contributed by atoms with Gasteiger partial charge in [0.1, 0.15) is 6.04 Å². The van der Waals surface area contributed by atoms with Gasteiger partial charge in [-0.1, -0.05) is 36.4 Å². The topological polar surface area (TPSA) is 101 Å². The summed E-state index contributed by atoms with van der Waals surface area (Å²) in [6.07, 6.45) is 0.224. The molecule has 0 saturated carbocycles. The Bertz CT molecular complexity index is 681. The maximum absolute atomic E-state index is 11.0. The van der Waals surface area contributed by atoms with Crippen LogP contribution in [-0.4, -0.2) is 28.2 Å². The molecule has 0 aliphatic heterocycles. The molecule has 0 spiro atoms. The molecule has 0 fully saturated rings. The largest absolute Gasteiger partial charge is 0.480 e. The van der Waals surface area contributed by atoms with Gasteiger partial charge in [0.15, 0.2) is 0 Å². The lowest BCUT2D eigenvalue weighted by atomic mass is 9.98. The van der Waals surface area contributed by atoms with E-state index in [9.17, 15) is 9.59 Å². The van der Waals surface area contributed by atoms with Crippen LogP contribution in [0.2, 0.25) is 0 Å². The number of carboxylic acid groups (broad SMARTS) is 2. The molecule has 21 heavy (non-hydrogen) atoms. The van der Waals surface area contributed by atoms with E-state index in [1.54, 1.807) is 24.3 Å². The molecule has 4 N–H and O–H groups in total. The highest BCUT2D eigenvalue weighted by Crippen LogP contribution is 2.22. The minimum Gasteiger partial charge on any atom is -0.480 e. The molecule has 1 atom stereocenters. The summed E-state index contributed by atoms with van der Waals surface area (Å²) >= 11 is 0. The third-order valence-corrected chi connectivity index (χ3v) is 3.14. The molecule has 0 aliphatic rings. The number of carboxylic acids is 2. The highest BCUT2D eigenvalue weighted by atomic mass is 16.4. The van der Waals surface area contributed by atoms with Crippen molar-refractivity contribution in [2.45, 2.75) is 12.5 Å². The first-order valence-corrected chi connectivity index (χ1v) is 6.38. The Balaban J connectivity index is 2.31. The van der Waals surface area contributed by atoms with Crippen LogP contribution in [0.15, 0.2) is 48.5 Å². The predicted octanol–water partition coefficient (Wildman–Crippen LogP) is 2.01. The van der Waals surface area contributed by atoms with Crippen molar-refractivity contribution in [2.75, 3.05) is 0 Å². The zero-order valence-electron chi connectivity index (χ0n) is 11.2. The van der Waals surface area contributed by atoms with Crippen LogP contribution in [0.3, 0.4) is 0 Å². The van der Waals surface area contributed by atoms with Crippen LogP contribution < -0.4 is 5.73 Å². The van der Waals surface area contributed by atoms with Crippen LogP contribution >= 0.6 is 0 Å². The molecule has 2 rings (SSSR count). The van der Waals surface area contributed by atoms with Gasteiger partial charge in [-0.3, -0.25) is 4.79 Å². The number of carbonyl (C=O) groups is 2. The number of nitrogens with two attached hydrogens (primary N) is 1. The van der Waals surface area contributed by atoms with Crippen LogP contribution in [0.25, 0.3) is 11.1 Å². The van der Waals surface area contributed by atoms with Crippen LogP contribution in [0.4, 0.5) is 0 Å². The van der Waals surface area contributed by atoms with E-state index in [1.165, 1.54) is 6.07 Å². The van der Waals surface area contributed by atoms with Crippen LogP contribution in [0.5, 0.6) is 0 Å². The van der Waals surface area contributed by atoms with Crippen molar-refractivity contribution in [1.82, 2.24) is 0 Å². The molecule has 2 aromatic rings. The summed E-state index contributed by atoms with van der Waals surface area (Å²) in [5.74, 6) is -2.03. The highest BCUT2D eigenvalue weighted by Gasteiger charge is 2.12. The Labute approximate surface area is 121 Å². The lowest BCUT2D eigenvalue weighted by Gasteiger charge is -2.09. The van der Waals surface area contributed by atoms with Gasteiger partial charge < -0.3 is 15.9 Å². The molecule has 0 saturated heterocycles. The van der Waals surface area contributed by atoms with Gasteiger partial charge in [0.25, 0.3) is 0 Å². The van der Waals surface area contributed by atoms with Crippen LogP contribution in [0, 0.1) is 0 Å². The molecule has 0 bridgehead atoms. The molecular formula is C16H15NO4. The van der Waals surface area contributed by atoms with Gasteiger partial charge in [-0.2, -0.15) is 0 Å². The van der Waals surface area contributed by atoms with Gasteiger partial charge >= 0.3 is 11.9 Å². The smallest absolute Gasteiger partial charge is 0.335 e. The van der Waals surface area contributed by atoms with E-state index in [0.29, 0.717) is 0 Å². The van der Waals surface area contributed by atoms with Crippen molar-refractivity contribution >= 4 is 11.9 Å². The maximum Gasteiger partial charge on any atom is 0.335 e. The summed E-state index contributed by atoms with van der Waals surface area (Å²) in [4.78, 5) is 21.8. The van der Waals surface area contributed by atoms with Crippen molar-refractivity contribution < 1.29 is 19.8 Å². The van der Waals surface area contributed by atoms with Gasteiger partial charge in [0, 0.05) is 0 Å². The Morgan fingerprint density at radius 2 is 1.62 bits per heavy atom. The second kappa shape index (κ2) is 6.19. The molecule has 5 nitrogen and oxygen atoms in total. The minimum absolute atomic E-state index is 0.208. The van der Waals surface area contributed by atoms with Crippen LogP contribution in [0.1, 0.15) is 15.9 Å². The molecule has 0 aliphatic carbocycles. The van der Waals surface area contributed by atoms with E-state index in [1.807, 2.05) is 18.2 Å². The fourth-order valence-corrected chi connectivity index (χ4v) is 2.05. The molecule has 0 amide bonds. The van der Waals surface area contributed by atoms with Gasteiger partial charge in [-0.05, 0) is 35.2 Å². The Kier molecular flexibility index (Phi) is 4.35. The minimum atomic E-state index is -1.05. The normalized spacial score (nSPS) is 11.9. The predicted molar refractivity (Wildman–Crippen MR) is 78.2 cm³/mol. The number of benzene rings is 2. The Morgan fingerprint density at radius 3 is 2.24 bits per heavy atom. The second-order valence-corrected chi connectivity index (χ2v) is 4.74. The lowest BCUT2D eigenvalue weighted by molar-refractivity contribution is -0.138. The van der Waals surface area contributed by atoms with E-state index in [2.05, 4.69) is 0 Å². The van der Waals surface area contributed by atoms with E-state index >= 15 is 0 Å². The molecule has 5 heteroatoms. The summed E-state index contributed by atoms with van der Waals surface area (Å²) in [6, 6.07) is 12.9. The molecule has 0 radical (unpaired) electrons. The monoisotopic (exact) mass is 285 g/mol. The Morgan fingerprint density at radius 1 is 1.00 bits per heavy atom. The third kappa shape index (κ3) is 3.67. The van der Waals surface area contributed by atoms with E-state index in [4.69, 9.17) is 15.9 Å². The number of rotatable bonds is 5. The van der Waals surface area contributed by atoms with Crippen molar-refractivity contribution in [2.24, 2.45) is 5.73 Å². The Hall–Kier alpha value is -2.66. The lowest BCUT2D eigenvalue weighted by Crippen LogP contribution is -2.32. The maximum atomic E-state index is 11.0. The van der Waals surface area contributed by atoms with Crippen molar-refractivity contribution in [3.63, 3.8) is 0 Å². The second-order valence-electron chi connectivity index (χ2n) is 4.74. The summed E-state index contributed by atoms with van der Waals surface area (Å²) in [5, 5.41) is 17.8. The quantitative estimate of drug-likeness (QED) is 0.780. The van der Waals surface area contributed by atoms with Gasteiger partial charge in [-0.15, -0.1) is 0 Å². The fourth-order valence-electron chi connectivity index (χ4n) is 2.05. The van der Waals surface area contributed by atoms with Crippen molar-refractivity contribution in [3.8, 4) is 11.1 Å². The average molecular weight is 285 g/mol. The van der Waals surface area contributed by atoms with Crippen molar-refractivity contribution in [1.29, 1.82) is 0 Å². The van der Waals surface area contributed by atoms with E-state index in [-0.39, 0.29) is 12.0 Å². The molecule has 0 unspecified atom stereocenters. The first-order chi connectivity index (χ1) is 9.97. The standard InChI is InChI=1S/C16H15NO4/c17-14(16(20)21)8-10-3-1-4-11(7-10)12-5-2-6-13(9-12)15(18)19/h1-7,9,14H,8,17H2,(H,18,19)(H,20,21)/t14-/m1/s1. The third-order valence-electron chi connectivity index (χ3n) is 3.14. The van der Waals surface area contributed by atoms with E-state index < -0.39 is 18.0 Å². The summed E-state index contributed by atoms with van der Waals surface area (Å²) in [7, 11) is 0. The van der Waals surface area contributed by atoms with Crippen LogP contribution in [-0.2, 0) is 11.2 Å². The zero-order chi connectivity index (χ0) is 15.4. The molecule has 0 heterocycles. The van der Waals surface area contributed by atoms with Gasteiger partial charge in [-0.25, -0.2) is 4.79 Å². The SMILES string of the molecule is N[C@H](Cc1cccc(-c2cccc(C(=O)O)c2)c1)C(=O)O. The number of aromatic carboxylic acids is 1. The number of hydrogen-bond donors (Lipinski definition) is 3. The van der Waals surface area contributed by atoms with Crippen molar-refractivity contribution in [3.05, 3.63) is 59.7 Å². The summed E-state index contributed by atoms with van der Waals surface area (Å²) in [6.45, 7) is 0. The zero-order valence-corrected chi connectivity index (χ0v) is 11.2. The average Bonchev–Trinajstić information content (AvgIpc) is 2.47. The number of aliphatic carboxylic acids is 1. The first-order valence-electron chi connectivity index (χ1n) is 6.38. The molecule has 0 aromatic heterocycles. The first kappa shape index (κ1) is 14.7. The van der Waals surface area contributed by atoms with Gasteiger partial charge in [0.05, 0.1) is 5.56 Å². The fraction of sp³-hybridized carbons (Fsp3) is 0.125. The molecular weight excluding hydrogens is 270 g/mol. The molecule has 2 aromatic carbocycles. The van der Waals surface area contributed by atoms with E-state index in [0.717, 1.165) is 16.7 Å². The number of hydrogen-bond acceptors (Lipinski definition) is 3. The highest BCUT2D eigenvalue weighted by molar-refractivity contribution is 5.89. The summed E-state index contributed by atoms with van der Waals surface area (Å²) < 4.78 is 0. The summed E-state index contributed by atoms with van der Waals surface area (Å²) in [5.41, 5.74) is 8.12. The van der Waals surface area contributed by atoms with Gasteiger partial charge in [0.2, 0.25) is 0 Å². The molecule has 108 valence electrons.